The molecule has 0 unspecified atom stereocenters. The molecule has 0 aliphatic rings. The van der Waals surface area contributed by atoms with Gasteiger partial charge in [-0.05, 0) is 41.1 Å². The van der Waals surface area contributed by atoms with Crippen LogP contribution in [0.1, 0.15) is 17.3 Å². The highest BCUT2D eigenvalue weighted by Crippen LogP contribution is 2.17. The molecule has 5 heteroatoms. The van der Waals surface area contributed by atoms with E-state index in [0.717, 1.165) is 6.07 Å². The van der Waals surface area contributed by atoms with E-state index in [-0.39, 0.29) is 18.2 Å². The third-order valence-electron chi connectivity index (χ3n) is 1.82. The van der Waals surface area contributed by atoms with Gasteiger partial charge in [0.05, 0.1) is 12.2 Å². The van der Waals surface area contributed by atoms with E-state index in [4.69, 9.17) is 5.11 Å². The van der Waals surface area contributed by atoms with Crippen molar-refractivity contribution in [3.05, 3.63) is 34.1 Å². The molecule has 15 heavy (non-hydrogen) atoms. The third-order valence-corrected chi connectivity index (χ3v) is 2.52. The number of nitrogens with one attached hydrogen (secondary N) is 1. The van der Waals surface area contributed by atoms with Crippen molar-refractivity contribution in [2.75, 3.05) is 6.61 Å². The minimum Gasteiger partial charge on any atom is -0.394 e. The Morgan fingerprint density at radius 1 is 1.67 bits per heavy atom. The zero-order valence-corrected chi connectivity index (χ0v) is 9.71. The number of carbonyl (C=O) groups is 1. The van der Waals surface area contributed by atoms with Crippen molar-refractivity contribution in [3.8, 4) is 0 Å². The predicted octanol–water partition coefficient (Wildman–Crippen LogP) is 1.70. The van der Waals surface area contributed by atoms with Gasteiger partial charge < -0.3 is 10.4 Å². The number of aliphatic hydroxyl groups is 1. The smallest absolute Gasteiger partial charge is 0.252 e. The number of amides is 1. The molecule has 2 N–H and O–H groups in total. The van der Waals surface area contributed by atoms with E-state index < -0.39 is 11.7 Å². The number of benzene rings is 1. The molecule has 1 amide bonds. The number of aliphatic hydroxyl groups excluding tert-OH is 1. The normalized spacial score (nSPS) is 12.3. The minimum absolute atomic E-state index is 0.154. The molecule has 82 valence electrons. The lowest BCUT2D eigenvalue weighted by molar-refractivity contribution is 0.0921. The molecule has 0 aliphatic heterocycles. The highest BCUT2D eigenvalue weighted by Gasteiger charge is 2.12. The summed E-state index contributed by atoms with van der Waals surface area (Å²) in [5, 5.41) is 11.3. The molecular formula is C10H11BrFNO2. The van der Waals surface area contributed by atoms with Gasteiger partial charge in [0.2, 0.25) is 0 Å². The van der Waals surface area contributed by atoms with Gasteiger partial charge in [-0.25, -0.2) is 4.39 Å². The molecule has 0 fully saturated rings. The Labute approximate surface area is 95.4 Å². The number of hydrogen-bond donors (Lipinski definition) is 2. The fraction of sp³-hybridized carbons (Fsp3) is 0.300. The second kappa shape index (κ2) is 5.23. The molecule has 0 bridgehead atoms. The Kier molecular flexibility index (Phi) is 4.23. The lowest BCUT2D eigenvalue weighted by Gasteiger charge is -2.11. The van der Waals surface area contributed by atoms with Crippen LogP contribution in [0, 0.1) is 5.82 Å². The van der Waals surface area contributed by atoms with Crippen molar-refractivity contribution in [1.29, 1.82) is 0 Å². The first-order valence-corrected chi connectivity index (χ1v) is 5.20. The van der Waals surface area contributed by atoms with Crippen LogP contribution in [0.15, 0.2) is 22.7 Å². The van der Waals surface area contributed by atoms with Crippen LogP contribution in [-0.2, 0) is 0 Å². The Hall–Kier alpha value is -0.940. The Bertz CT molecular complexity index is 370. The second-order valence-electron chi connectivity index (χ2n) is 3.18. The minimum atomic E-state index is -0.472. The van der Waals surface area contributed by atoms with Gasteiger partial charge in [0.15, 0.2) is 0 Å². The van der Waals surface area contributed by atoms with Gasteiger partial charge >= 0.3 is 0 Å². The van der Waals surface area contributed by atoms with Crippen LogP contribution in [0.4, 0.5) is 4.39 Å². The first kappa shape index (κ1) is 12.1. The summed E-state index contributed by atoms with van der Waals surface area (Å²) in [6, 6.07) is 3.51. The van der Waals surface area contributed by atoms with Crippen LogP contribution in [0.25, 0.3) is 0 Å². The fourth-order valence-corrected chi connectivity index (χ4v) is 1.45. The summed E-state index contributed by atoms with van der Waals surface area (Å²) in [7, 11) is 0. The maximum atomic E-state index is 12.9. The van der Waals surface area contributed by atoms with E-state index in [0.29, 0.717) is 4.47 Å². The van der Waals surface area contributed by atoms with E-state index in [2.05, 4.69) is 21.2 Å². The van der Waals surface area contributed by atoms with Crippen molar-refractivity contribution in [2.45, 2.75) is 13.0 Å². The molecule has 0 spiro atoms. The van der Waals surface area contributed by atoms with Gasteiger partial charge in [-0.15, -0.1) is 0 Å². The topological polar surface area (TPSA) is 49.3 Å². The second-order valence-corrected chi connectivity index (χ2v) is 4.04. The Balaban J connectivity index is 2.86. The standard InChI is InChI=1S/C10H11BrFNO2/c1-6(5-14)13-10(15)8-4-7(12)2-3-9(8)11/h2-4,6,14H,5H2,1H3,(H,13,15)/t6-/m0/s1. The first-order chi connectivity index (χ1) is 7.04. The average molecular weight is 276 g/mol. The highest BCUT2D eigenvalue weighted by molar-refractivity contribution is 9.10. The fourth-order valence-electron chi connectivity index (χ4n) is 1.02. The molecule has 0 aromatic heterocycles. The van der Waals surface area contributed by atoms with Crippen molar-refractivity contribution in [1.82, 2.24) is 5.32 Å². The van der Waals surface area contributed by atoms with E-state index in [1.54, 1.807) is 6.92 Å². The average Bonchev–Trinajstić information content (AvgIpc) is 2.21. The van der Waals surface area contributed by atoms with Crippen molar-refractivity contribution < 1.29 is 14.3 Å². The summed E-state index contributed by atoms with van der Waals surface area (Å²) < 4.78 is 13.4. The van der Waals surface area contributed by atoms with E-state index in [1.807, 2.05) is 0 Å². The van der Waals surface area contributed by atoms with E-state index in [1.165, 1.54) is 12.1 Å². The van der Waals surface area contributed by atoms with E-state index in [9.17, 15) is 9.18 Å². The van der Waals surface area contributed by atoms with Gasteiger partial charge in [0.25, 0.3) is 5.91 Å². The lowest BCUT2D eigenvalue weighted by Crippen LogP contribution is -2.35. The van der Waals surface area contributed by atoms with E-state index >= 15 is 0 Å². The van der Waals surface area contributed by atoms with Crippen LogP contribution >= 0.6 is 15.9 Å². The molecule has 0 saturated heterocycles. The highest BCUT2D eigenvalue weighted by atomic mass is 79.9. The summed E-state index contributed by atoms with van der Waals surface area (Å²) in [6.07, 6.45) is 0. The van der Waals surface area contributed by atoms with Crippen molar-refractivity contribution in [2.24, 2.45) is 0 Å². The zero-order chi connectivity index (χ0) is 11.4. The lowest BCUT2D eigenvalue weighted by atomic mass is 10.2. The van der Waals surface area contributed by atoms with Gasteiger partial charge in [-0.3, -0.25) is 4.79 Å². The van der Waals surface area contributed by atoms with Crippen LogP contribution < -0.4 is 5.32 Å². The SMILES string of the molecule is C[C@@H](CO)NC(=O)c1cc(F)ccc1Br. The molecular weight excluding hydrogens is 265 g/mol. The summed E-state index contributed by atoms with van der Waals surface area (Å²) in [6.45, 7) is 1.50. The first-order valence-electron chi connectivity index (χ1n) is 4.41. The maximum Gasteiger partial charge on any atom is 0.252 e. The van der Waals surface area contributed by atoms with Gasteiger partial charge in [0, 0.05) is 10.5 Å². The molecule has 0 aliphatic carbocycles. The molecule has 1 atom stereocenters. The molecule has 1 rings (SSSR count). The summed E-state index contributed by atoms with van der Waals surface area (Å²) in [4.78, 5) is 11.6. The molecule has 1 aromatic carbocycles. The van der Waals surface area contributed by atoms with Crippen LogP contribution in [0.2, 0.25) is 0 Å². The summed E-state index contributed by atoms with van der Waals surface area (Å²) in [5.74, 6) is -0.886. The Morgan fingerprint density at radius 2 is 2.33 bits per heavy atom. The number of rotatable bonds is 3. The molecule has 0 heterocycles. The van der Waals surface area contributed by atoms with Gasteiger partial charge in [-0.2, -0.15) is 0 Å². The van der Waals surface area contributed by atoms with Gasteiger partial charge in [0.1, 0.15) is 5.82 Å². The van der Waals surface area contributed by atoms with Crippen LogP contribution in [-0.4, -0.2) is 23.7 Å². The van der Waals surface area contributed by atoms with Crippen LogP contribution in [0.5, 0.6) is 0 Å². The number of halogens is 2. The number of carbonyl (C=O) groups excluding carboxylic acids is 1. The molecule has 1 aromatic rings. The van der Waals surface area contributed by atoms with Crippen molar-refractivity contribution >= 4 is 21.8 Å². The largest absolute Gasteiger partial charge is 0.394 e. The molecule has 3 nitrogen and oxygen atoms in total. The number of hydrogen-bond acceptors (Lipinski definition) is 2. The van der Waals surface area contributed by atoms with Crippen molar-refractivity contribution in [3.63, 3.8) is 0 Å². The summed E-state index contributed by atoms with van der Waals surface area (Å²) >= 11 is 3.15. The third kappa shape index (κ3) is 3.28. The summed E-state index contributed by atoms with van der Waals surface area (Å²) in [5.41, 5.74) is 0.218. The van der Waals surface area contributed by atoms with Crippen LogP contribution in [0.3, 0.4) is 0 Å². The monoisotopic (exact) mass is 275 g/mol. The predicted molar refractivity (Wildman–Crippen MR) is 58.1 cm³/mol. The zero-order valence-electron chi connectivity index (χ0n) is 8.13. The maximum absolute atomic E-state index is 12.9. The Morgan fingerprint density at radius 3 is 2.93 bits per heavy atom. The van der Waals surface area contributed by atoms with Gasteiger partial charge in [-0.1, -0.05) is 0 Å². The molecule has 0 saturated carbocycles. The quantitative estimate of drug-likeness (QED) is 0.882. The molecule has 0 radical (unpaired) electrons.